The molecule has 102 valence electrons. The highest BCUT2D eigenvalue weighted by atomic mass is 19.3. The summed E-state index contributed by atoms with van der Waals surface area (Å²) in [4.78, 5) is 20.0. The molecule has 0 radical (unpaired) electrons. The van der Waals surface area contributed by atoms with Crippen LogP contribution in [0.4, 0.5) is 17.6 Å². The molecule has 0 saturated heterocycles. The third kappa shape index (κ3) is 5.46. The number of alkyl halides is 4. The van der Waals surface area contributed by atoms with Crippen molar-refractivity contribution in [3.63, 3.8) is 0 Å². The fourth-order valence-corrected chi connectivity index (χ4v) is 0.914. The highest BCUT2D eigenvalue weighted by molar-refractivity contribution is 5.80. The quantitative estimate of drug-likeness (QED) is 0.550. The Labute approximate surface area is 99.2 Å². The minimum absolute atomic E-state index is 0.330. The van der Waals surface area contributed by atoms with Gasteiger partial charge < -0.3 is 10.2 Å². The number of carboxylic acid groups (broad SMARTS) is 2. The van der Waals surface area contributed by atoms with Crippen molar-refractivity contribution >= 4 is 11.9 Å². The van der Waals surface area contributed by atoms with Crippen molar-refractivity contribution in [1.82, 2.24) is 0 Å². The second-order valence-electron chi connectivity index (χ2n) is 3.30. The van der Waals surface area contributed by atoms with Crippen LogP contribution in [0.25, 0.3) is 0 Å². The second kappa shape index (κ2) is 6.18. The lowest BCUT2D eigenvalue weighted by molar-refractivity contribution is -0.204. The standard InChI is InChI=1S/C10H10F4O4/c11-9(12,5-1-3-7(15)16)10(13,14)6-2-4-8(17)18/h1-4H,5-6H2,(H,15,16)(H,17,18). The average Bonchev–Trinajstić information content (AvgIpc) is 2.15. The molecular weight excluding hydrogens is 260 g/mol. The smallest absolute Gasteiger partial charge is 0.327 e. The van der Waals surface area contributed by atoms with Gasteiger partial charge in [-0.1, -0.05) is 12.2 Å². The molecular formula is C10H10F4O4. The van der Waals surface area contributed by atoms with E-state index in [1.54, 1.807) is 0 Å². The number of carbonyl (C=O) groups is 2. The van der Waals surface area contributed by atoms with Gasteiger partial charge in [0, 0.05) is 25.0 Å². The van der Waals surface area contributed by atoms with Crippen molar-refractivity contribution in [1.29, 1.82) is 0 Å². The molecule has 0 saturated carbocycles. The van der Waals surface area contributed by atoms with Crippen molar-refractivity contribution in [2.75, 3.05) is 0 Å². The van der Waals surface area contributed by atoms with Gasteiger partial charge in [0.1, 0.15) is 0 Å². The van der Waals surface area contributed by atoms with Crippen LogP contribution in [0.15, 0.2) is 24.3 Å². The van der Waals surface area contributed by atoms with Crippen LogP contribution in [0.2, 0.25) is 0 Å². The Morgan fingerprint density at radius 2 is 1.11 bits per heavy atom. The van der Waals surface area contributed by atoms with Gasteiger partial charge in [-0.05, 0) is 0 Å². The van der Waals surface area contributed by atoms with Crippen LogP contribution < -0.4 is 0 Å². The van der Waals surface area contributed by atoms with E-state index in [-0.39, 0.29) is 0 Å². The third-order valence-corrected chi connectivity index (χ3v) is 1.80. The maximum Gasteiger partial charge on any atom is 0.327 e. The summed E-state index contributed by atoms with van der Waals surface area (Å²) in [5.74, 6) is -12.0. The molecule has 18 heavy (non-hydrogen) atoms. The van der Waals surface area contributed by atoms with Crippen LogP contribution in [0.3, 0.4) is 0 Å². The van der Waals surface area contributed by atoms with E-state index in [9.17, 15) is 27.2 Å². The zero-order chi connectivity index (χ0) is 14.4. The number of rotatable bonds is 7. The van der Waals surface area contributed by atoms with Crippen LogP contribution in [-0.2, 0) is 9.59 Å². The first-order chi connectivity index (χ1) is 8.08. The van der Waals surface area contributed by atoms with Crippen molar-refractivity contribution in [2.24, 2.45) is 0 Å². The second-order valence-corrected chi connectivity index (χ2v) is 3.30. The van der Waals surface area contributed by atoms with Gasteiger partial charge >= 0.3 is 23.8 Å². The fourth-order valence-electron chi connectivity index (χ4n) is 0.914. The first-order valence-electron chi connectivity index (χ1n) is 4.63. The first-order valence-corrected chi connectivity index (χ1v) is 4.63. The molecule has 0 fully saturated rings. The van der Waals surface area contributed by atoms with E-state index in [4.69, 9.17) is 10.2 Å². The predicted molar refractivity (Wildman–Crippen MR) is 52.7 cm³/mol. The average molecular weight is 270 g/mol. The minimum atomic E-state index is -4.46. The zero-order valence-electron chi connectivity index (χ0n) is 8.95. The number of halogens is 4. The van der Waals surface area contributed by atoms with Crippen LogP contribution in [0, 0.1) is 0 Å². The molecule has 0 amide bonds. The summed E-state index contributed by atoms with van der Waals surface area (Å²) in [5.41, 5.74) is 0. The number of aliphatic carboxylic acids is 2. The third-order valence-electron chi connectivity index (χ3n) is 1.80. The molecule has 0 atom stereocenters. The molecule has 8 heteroatoms. The normalized spacial score (nSPS) is 13.3. The molecule has 0 unspecified atom stereocenters. The first kappa shape index (κ1) is 16.1. The molecule has 2 N–H and O–H groups in total. The van der Waals surface area contributed by atoms with Crippen molar-refractivity contribution in [3.05, 3.63) is 24.3 Å². The molecule has 4 nitrogen and oxygen atoms in total. The summed E-state index contributed by atoms with van der Waals surface area (Å²) in [7, 11) is 0. The van der Waals surface area contributed by atoms with Gasteiger partial charge in [-0.3, -0.25) is 0 Å². The maximum absolute atomic E-state index is 13.0. The summed E-state index contributed by atoms with van der Waals surface area (Å²) in [6, 6.07) is 0. The lowest BCUT2D eigenvalue weighted by Crippen LogP contribution is -2.39. The molecule has 0 aliphatic rings. The summed E-state index contributed by atoms with van der Waals surface area (Å²) in [6.45, 7) is 0. The number of allylic oxidation sites excluding steroid dienone is 2. The summed E-state index contributed by atoms with van der Waals surface area (Å²) >= 11 is 0. The largest absolute Gasteiger partial charge is 0.478 e. The van der Waals surface area contributed by atoms with Gasteiger partial charge in [0.2, 0.25) is 0 Å². The number of carboxylic acids is 2. The topological polar surface area (TPSA) is 74.6 Å². The van der Waals surface area contributed by atoms with Crippen LogP contribution >= 0.6 is 0 Å². The van der Waals surface area contributed by atoms with E-state index in [1.165, 1.54) is 0 Å². The molecule has 0 rings (SSSR count). The van der Waals surface area contributed by atoms with Crippen molar-refractivity contribution in [3.8, 4) is 0 Å². The SMILES string of the molecule is O=C(O)C=CCC(F)(F)C(F)(F)CC=CC(=O)O. The molecule has 0 aromatic rings. The number of hydrogen-bond acceptors (Lipinski definition) is 2. The van der Waals surface area contributed by atoms with Gasteiger partial charge in [0.05, 0.1) is 0 Å². The van der Waals surface area contributed by atoms with E-state index in [2.05, 4.69) is 0 Å². The molecule has 0 heterocycles. The summed E-state index contributed by atoms with van der Waals surface area (Å²) < 4.78 is 52.0. The van der Waals surface area contributed by atoms with Crippen LogP contribution in [0.1, 0.15) is 12.8 Å². The fraction of sp³-hybridized carbons (Fsp3) is 0.400. The van der Waals surface area contributed by atoms with Gasteiger partial charge in [0.25, 0.3) is 0 Å². The molecule has 0 bridgehead atoms. The molecule has 0 aromatic heterocycles. The highest BCUT2D eigenvalue weighted by Crippen LogP contribution is 2.40. The van der Waals surface area contributed by atoms with Crippen molar-refractivity contribution in [2.45, 2.75) is 24.7 Å². The van der Waals surface area contributed by atoms with Crippen molar-refractivity contribution < 1.29 is 37.4 Å². The van der Waals surface area contributed by atoms with E-state index in [0.29, 0.717) is 24.3 Å². The van der Waals surface area contributed by atoms with Gasteiger partial charge in [0.15, 0.2) is 0 Å². The maximum atomic E-state index is 13.0. The summed E-state index contributed by atoms with van der Waals surface area (Å²) in [6.07, 6.45) is -1.41. The monoisotopic (exact) mass is 270 g/mol. The van der Waals surface area contributed by atoms with E-state index < -0.39 is 36.6 Å². The Kier molecular flexibility index (Phi) is 5.54. The Morgan fingerprint density at radius 3 is 1.33 bits per heavy atom. The lowest BCUT2D eigenvalue weighted by Gasteiger charge is -2.24. The highest BCUT2D eigenvalue weighted by Gasteiger charge is 2.54. The zero-order valence-corrected chi connectivity index (χ0v) is 8.95. The Hall–Kier alpha value is -1.86. The minimum Gasteiger partial charge on any atom is -0.478 e. The molecule has 0 aromatic carbocycles. The van der Waals surface area contributed by atoms with Gasteiger partial charge in [-0.25, -0.2) is 9.59 Å². The van der Waals surface area contributed by atoms with E-state index in [1.807, 2.05) is 0 Å². The molecule has 0 aliphatic heterocycles. The summed E-state index contributed by atoms with van der Waals surface area (Å²) in [5, 5.41) is 16.2. The van der Waals surface area contributed by atoms with Crippen LogP contribution in [0.5, 0.6) is 0 Å². The Bertz CT molecular complexity index is 338. The molecule has 0 aliphatic carbocycles. The number of hydrogen-bond donors (Lipinski definition) is 2. The van der Waals surface area contributed by atoms with E-state index >= 15 is 0 Å². The van der Waals surface area contributed by atoms with E-state index in [0.717, 1.165) is 0 Å². The predicted octanol–water partition coefficient (Wildman–Crippen LogP) is 2.32. The Morgan fingerprint density at radius 1 is 0.833 bits per heavy atom. The molecule has 0 spiro atoms. The van der Waals surface area contributed by atoms with Gasteiger partial charge in [-0.2, -0.15) is 17.6 Å². The lowest BCUT2D eigenvalue weighted by atomic mass is 10.0. The van der Waals surface area contributed by atoms with Gasteiger partial charge in [-0.15, -0.1) is 0 Å². The van der Waals surface area contributed by atoms with Crippen LogP contribution in [-0.4, -0.2) is 34.0 Å². The Balaban J connectivity index is 4.63.